The third-order valence-corrected chi connectivity index (χ3v) is 36.9. The molecule has 34 heteroatoms. The lowest BCUT2D eigenvalue weighted by Gasteiger charge is -2.36. The third-order valence-electron chi connectivity index (χ3n) is 26.4. The van der Waals surface area contributed by atoms with E-state index in [1.807, 2.05) is 200 Å². The highest BCUT2D eigenvalue weighted by molar-refractivity contribution is 7.92. The van der Waals surface area contributed by atoms with E-state index in [0.717, 1.165) is 72.4 Å². The van der Waals surface area contributed by atoms with Crippen molar-refractivity contribution in [3.63, 3.8) is 0 Å². The van der Waals surface area contributed by atoms with Gasteiger partial charge in [-0.3, -0.25) is 35.7 Å². The van der Waals surface area contributed by atoms with E-state index in [9.17, 15) is 74.2 Å². The number of aromatic hydroxyl groups is 3. The molecule has 0 radical (unpaired) electrons. The maximum Gasteiger partial charge on any atom is 0.446 e. The molecule has 15 rings (SSSR count). The number of fused-ring (bicyclic) bond motifs is 5. The van der Waals surface area contributed by atoms with E-state index >= 15 is 0 Å². The summed E-state index contributed by atoms with van der Waals surface area (Å²) in [6.45, 7) is 20.1. The Kier molecular flexibility index (Phi) is 33.9. The molecule has 5 aliphatic heterocycles. The first-order chi connectivity index (χ1) is 63.3. The van der Waals surface area contributed by atoms with Crippen molar-refractivity contribution in [2.24, 2.45) is 0 Å². The number of phenolic OH excluding ortho intramolecular Hbond substituents is 3. The number of ether oxygens (including phenoxy) is 1. The smallest absolute Gasteiger partial charge is 0.446 e. The van der Waals surface area contributed by atoms with E-state index in [2.05, 4.69) is 55.7 Å². The van der Waals surface area contributed by atoms with Gasteiger partial charge in [-0.2, -0.15) is 16.8 Å². The second-order valence-electron chi connectivity index (χ2n) is 35.1. The Balaban J connectivity index is 0.000000161. The number of unbranched alkanes of at least 4 members (excludes halogenated alkanes) is 1. The summed E-state index contributed by atoms with van der Waals surface area (Å²) in [5.41, 5.74) is 5.12. The van der Waals surface area contributed by atoms with E-state index in [4.69, 9.17) is 13.8 Å². The van der Waals surface area contributed by atoms with Crippen LogP contribution in [0.2, 0.25) is 0 Å². The monoisotopic (exact) mass is 1970 g/mol. The predicted molar refractivity (Wildman–Crippen MR) is 521 cm³/mol. The number of rotatable bonds is 24. The Bertz CT molecular complexity index is 6580. The average Bonchev–Trinajstić information content (AvgIpc) is 1.61. The fraction of sp³-hybridized carbons (Fsp3) is 0.400. The van der Waals surface area contributed by atoms with Crippen LogP contribution in [0.3, 0.4) is 0 Å². The molecule has 10 N–H and O–H groups in total. The Hall–Kier alpha value is -9.63. The highest BCUT2D eigenvalue weighted by Crippen LogP contribution is 2.47. The highest BCUT2D eigenvalue weighted by atomic mass is 32.3. The molecule has 0 aromatic heterocycles. The van der Waals surface area contributed by atoms with Gasteiger partial charge in [0.15, 0.2) is 60.7 Å². The van der Waals surface area contributed by atoms with E-state index < -0.39 is 110 Å². The van der Waals surface area contributed by atoms with Crippen molar-refractivity contribution < 1.29 is 96.5 Å². The first kappa shape index (κ1) is 105. The number of phenols is 3. The van der Waals surface area contributed by atoms with E-state index in [-0.39, 0.29) is 106 Å². The fourth-order valence-corrected chi connectivity index (χ4v) is 30.5. The molecule has 134 heavy (non-hydrogen) atoms. The molecule has 5 heterocycles. The summed E-state index contributed by atoms with van der Waals surface area (Å²) < 4.78 is 209. The van der Waals surface area contributed by atoms with Crippen molar-refractivity contribution in [2.45, 2.75) is 242 Å². The molecule has 0 fully saturated rings. The summed E-state index contributed by atoms with van der Waals surface area (Å²) in [7, 11) is -26.2. The van der Waals surface area contributed by atoms with Crippen LogP contribution in [0.4, 0.5) is 0 Å². The van der Waals surface area contributed by atoms with Crippen LogP contribution in [0.1, 0.15) is 245 Å². The Morgan fingerprint density at radius 2 is 0.560 bits per heavy atom. The molecule has 0 aliphatic carbocycles. The summed E-state index contributed by atoms with van der Waals surface area (Å²) in [6.07, 6.45) is 10.6. The normalized spacial score (nSPS) is 21.5. The van der Waals surface area contributed by atoms with Gasteiger partial charge in [0.1, 0.15) is 23.0 Å². The molecular weight excluding hydrogens is 1850 g/mol. The van der Waals surface area contributed by atoms with Gasteiger partial charge < -0.3 is 28.4 Å². The first-order valence-corrected chi connectivity index (χ1v) is 56.3. The number of sulfone groups is 5. The highest BCUT2D eigenvalue weighted by Gasteiger charge is 2.48. The number of hydrogen-bond acceptors (Lipinski definition) is 25. The Morgan fingerprint density at radius 1 is 0.306 bits per heavy atom. The van der Waals surface area contributed by atoms with Crippen molar-refractivity contribution in [1.82, 2.24) is 26.6 Å². The molecule has 6 atom stereocenters. The minimum absolute atomic E-state index is 0.00113. The van der Waals surface area contributed by atoms with Gasteiger partial charge in [-0.25, -0.2) is 42.1 Å². The molecule has 5 aliphatic rings. The second kappa shape index (κ2) is 43.4. The topological polar surface area (TPSA) is 428 Å². The molecular formula is C100H125N5O22S7. The van der Waals surface area contributed by atoms with Crippen LogP contribution >= 0.6 is 0 Å². The zero-order chi connectivity index (χ0) is 97.7. The van der Waals surface area contributed by atoms with Gasteiger partial charge in [-0.15, -0.1) is 0 Å². The minimum Gasteiger partial charge on any atom is -0.508 e. The summed E-state index contributed by atoms with van der Waals surface area (Å²) in [5, 5.41) is 48.0. The van der Waals surface area contributed by atoms with Crippen LogP contribution in [0.25, 0.3) is 0 Å². The summed E-state index contributed by atoms with van der Waals surface area (Å²) in [6, 6.07) is 67.5. The molecule has 0 spiro atoms. The largest absolute Gasteiger partial charge is 0.508 e. The van der Waals surface area contributed by atoms with E-state index in [1.54, 1.807) is 36.4 Å². The molecule has 27 nitrogen and oxygen atoms in total. The number of methoxy groups -OCH3 is 1. The number of nitrogens with one attached hydrogen (secondary N) is 5. The number of benzene rings is 10. The van der Waals surface area contributed by atoms with E-state index in [1.165, 1.54) is 49.6 Å². The van der Waals surface area contributed by atoms with Gasteiger partial charge in [0.05, 0.1) is 90.6 Å². The van der Waals surface area contributed by atoms with Gasteiger partial charge in [-0.05, 0) is 162 Å². The van der Waals surface area contributed by atoms with Gasteiger partial charge in [0.25, 0.3) is 0 Å². The summed E-state index contributed by atoms with van der Waals surface area (Å²) in [5.74, 6) is -0.586. The van der Waals surface area contributed by atoms with Crippen LogP contribution in [0, 0.1) is 0 Å². The summed E-state index contributed by atoms with van der Waals surface area (Å²) in [4.78, 5) is 0.650. The molecule has 10 aromatic rings. The van der Waals surface area contributed by atoms with Gasteiger partial charge in [0, 0.05) is 45.9 Å². The summed E-state index contributed by atoms with van der Waals surface area (Å²) >= 11 is 0. The van der Waals surface area contributed by atoms with Crippen molar-refractivity contribution in [1.29, 1.82) is 0 Å². The molecule has 0 amide bonds. The fourth-order valence-electron chi connectivity index (χ4n) is 18.9. The van der Waals surface area contributed by atoms with Crippen LogP contribution in [-0.4, -0.2) is 147 Å². The standard InChI is InChI=1S/C21H27NO6S2.C21H27NO3S.C20H25NO4S.C19H23NO6S2.C19H23NO3S/c1-3-5-13-21(4-2)15-29(23,24)19-14-17(28-30(25,26)27)11-12-18(19)20(22-21)16-9-7-6-8-10-16;1-3-12-21(13-4-2)15-26(24,25)19-14-17(23)10-11-18(19)20(22-21)16-8-6-5-7-9-16;1-4-20(5-2)13-26(23,24)18-12-16(22)17(25-3)11-15(18)19(21-20)14-9-7-6-8-10-14;1-3-19(4-2)13-27(21,22)17-12-15(26-28(23,24)25)10-11-16(17)18(20-19)14-8-6-5-7-9-14;1-3-19(4-2)13-24(22,23)17-12-15(21)10-11-16(17)18(20-19)14-8-6-5-7-9-14/h6-12,14,20,22H,3-5,13,15H2,1-2H3,(H,25,26,27);5-11,14,20,22-23H,3-4,12-13,15H2,1-2H3;6-12,19,21-22H,4-5,13H2,1-3H3;5-12,18,20H,3-4,13H2,1-2H3,(H,23,24,25);5-12,18,20-21H,3-4,13H2,1-2H3/t20-,21-;;;;/m1..../s1. The van der Waals surface area contributed by atoms with Gasteiger partial charge in [-0.1, -0.05) is 271 Å². The molecule has 0 saturated heterocycles. The quantitative estimate of drug-likeness (QED) is 0.0251. The Labute approximate surface area is 791 Å². The van der Waals surface area contributed by atoms with Crippen molar-refractivity contribution in [2.75, 3.05) is 35.9 Å². The zero-order valence-corrected chi connectivity index (χ0v) is 83.1. The lowest BCUT2D eigenvalue weighted by Crippen LogP contribution is -2.50. The van der Waals surface area contributed by atoms with Crippen molar-refractivity contribution >= 4 is 70.0 Å². The van der Waals surface area contributed by atoms with Crippen molar-refractivity contribution in [3.05, 3.63) is 292 Å². The minimum atomic E-state index is -4.77. The third kappa shape index (κ3) is 24.8. The van der Waals surface area contributed by atoms with Crippen LogP contribution in [-0.2, 0) is 70.0 Å². The number of hydrogen-bond donors (Lipinski definition) is 10. The maximum absolute atomic E-state index is 13.4. The van der Waals surface area contributed by atoms with E-state index in [0.29, 0.717) is 79.2 Å². The SMILES string of the molecule is CCC1(CC)CS(=O)(=O)c2cc(O)c(OC)cc2C(c2ccccc2)N1.CCC1(CC)CS(=O)(=O)c2cc(O)ccc2C(c2ccccc2)N1.CCC1(CC)CS(=O)(=O)c2cc(OS(=O)(=O)O)ccc2C(c2ccccc2)N1.CCCC1(CCC)CS(=O)(=O)c2cc(O)ccc2C(c2ccccc2)N1.CCCC[C@]1(CC)CS(=O)(=O)c2cc(OS(=O)(=O)O)ccc2[C@@H](c2ccccc2)N1. The molecule has 0 bridgehead atoms. The molecule has 724 valence electrons. The zero-order valence-electron chi connectivity index (χ0n) is 77.4. The predicted octanol–water partition coefficient (Wildman–Crippen LogP) is 17.6. The molecule has 0 saturated carbocycles. The lowest BCUT2D eigenvalue weighted by molar-refractivity contribution is 0.287. The molecule has 4 unspecified atom stereocenters. The van der Waals surface area contributed by atoms with Gasteiger partial charge >= 0.3 is 20.8 Å². The first-order valence-electron chi connectivity index (χ1n) is 45.3. The molecule has 10 aromatic carbocycles. The van der Waals surface area contributed by atoms with Crippen LogP contribution < -0.4 is 39.7 Å². The van der Waals surface area contributed by atoms with Crippen LogP contribution in [0.15, 0.2) is 261 Å². The van der Waals surface area contributed by atoms with Crippen LogP contribution in [0.5, 0.6) is 34.5 Å². The second-order valence-corrected chi connectivity index (χ2v) is 47.0. The van der Waals surface area contributed by atoms with Crippen molar-refractivity contribution in [3.8, 4) is 34.5 Å². The van der Waals surface area contributed by atoms with Gasteiger partial charge in [0.2, 0.25) is 0 Å². The average molecular weight is 1970 g/mol. The Morgan fingerprint density at radius 3 is 0.836 bits per heavy atom. The lowest BCUT2D eigenvalue weighted by atomic mass is 9.87. The maximum atomic E-state index is 13.4.